The average Bonchev–Trinajstić information content (AvgIpc) is 2.74. The molecule has 2 rings (SSSR count). The lowest BCUT2D eigenvalue weighted by Gasteiger charge is -2.02. The Bertz CT molecular complexity index is 491. The first-order valence-corrected chi connectivity index (χ1v) is 4.31. The summed E-state index contributed by atoms with van der Waals surface area (Å²) < 4.78 is 0. The van der Waals surface area contributed by atoms with Crippen molar-refractivity contribution in [1.29, 1.82) is 0 Å². The van der Waals surface area contributed by atoms with E-state index in [1.165, 1.54) is 6.20 Å². The van der Waals surface area contributed by atoms with Gasteiger partial charge in [0, 0.05) is 6.20 Å². The number of nitrogens with one attached hydrogen (secondary N) is 1. The predicted molar refractivity (Wildman–Crippen MR) is 53.2 cm³/mol. The molecule has 0 aliphatic rings. The van der Waals surface area contributed by atoms with E-state index in [2.05, 4.69) is 20.4 Å². The third kappa shape index (κ3) is 1.69. The third-order valence-corrected chi connectivity index (χ3v) is 1.95. The maximum Gasteiger partial charge on any atom is 0.218 e. The zero-order valence-electron chi connectivity index (χ0n) is 8.06. The van der Waals surface area contributed by atoms with Gasteiger partial charge in [-0.1, -0.05) is 0 Å². The first-order chi connectivity index (χ1) is 7.18. The summed E-state index contributed by atoms with van der Waals surface area (Å²) in [6.07, 6.45) is 2.96. The fourth-order valence-electron chi connectivity index (χ4n) is 1.21. The largest absolute Gasteiger partial charge is 0.383 e. The number of aromatic nitrogens is 4. The molecule has 0 aliphatic carbocycles. The van der Waals surface area contributed by atoms with Gasteiger partial charge in [-0.15, -0.1) is 0 Å². The van der Waals surface area contributed by atoms with Crippen molar-refractivity contribution < 1.29 is 4.79 Å². The van der Waals surface area contributed by atoms with Crippen LogP contribution < -0.4 is 5.73 Å². The lowest BCUT2D eigenvalue weighted by molar-refractivity contribution is 0.103. The van der Waals surface area contributed by atoms with E-state index in [-0.39, 0.29) is 17.3 Å². The van der Waals surface area contributed by atoms with E-state index in [0.717, 1.165) is 5.56 Å². The number of nitrogen functional groups attached to an aromatic ring is 1. The molecule has 15 heavy (non-hydrogen) atoms. The van der Waals surface area contributed by atoms with Crippen LogP contribution in [-0.4, -0.2) is 26.2 Å². The highest BCUT2D eigenvalue weighted by atomic mass is 16.1. The maximum absolute atomic E-state index is 11.8. The Hall–Kier alpha value is -2.24. The van der Waals surface area contributed by atoms with E-state index in [1.54, 1.807) is 12.3 Å². The van der Waals surface area contributed by atoms with Gasteiger partial charge in [0.2, 0.25) is 5.78 Å². The molecule has 0 bridgehead atoms. The van der Waals surface area contributed by atoms with Crippen molar-refractivity contribution in [2.24, 2.45) is 0 Å². The predicted octanol–water partition coefficient (Wildman–Crippen LogP) is 0.321. The minimum atomic E-state index is -0.280. The highest BCUT2D eigenvalue weighted by Crippen LogP contribution is 2.13. The molecule has 0 fully saturated rings. The van der Waals surface area contributed by atoms with Crippen LogP contribution in [0.2, 0.25) is 0 Å². The summed E-state index contributed by atoms with van der Waals surface area (Å²) in [5, 5.41) is 9.63. The molecule has 2 aromatic heterocycles. The Kier molecular flexibility index (Phi) is 2.17. The van der Waals surface area contributed by atoms with Crippen LogP contribution >= 0.6 is 0 Å². The Balaban J connectivity index is 2.46. The number of aromatic amines is 1. The van der Waals surface area contributed by atoms with Crippen LogP contribution in [0.5, 0.6) is 0 Å². The second-order valence-electron chi connectivity index (χ2n) is 3.13. The quantitative estimate of drug-likeness (QED) is 0.685. The number of hydrogen-bond donors (Lipinski definition) is 2. The van der Waals surface area contributed by atoms with Crippen molar-refractivity contribution in [3.05, 3.63) is 35.3 Å². The van der Waals surface area contributed by atoms with E-state index in [0.29, 0.717) is 5.56 Å². The number of anilines is 1. The van der Waals surface area contributed by atoms with Gasteiger partial charge in [-0.3, -0.25) is 4.79 Å². The summed E-state index contributed by atoms with van der Waals surface area (Å²) in [5.41, 5.74) is 7.06. The van der Waals surface area contributed by atoms with E-state index in [1.807, 2.05) is 6.92 Å². The van der Waals surface area contributed by atoms with Crippen LogP contribution in [-0.2, 0) is 0 Å². The first-order valence-electron chi connectivity index (χ1n) is 4.31. The van der Waals surface area contributed by atoms with Gasteiger partial charge >= 0.3 is 0 Å². The standard InChI is InChI=1S/C9H9N5O/c1-5-2-6(9(10)11-3-5)8(15)7-4-12-14-13-7/h2-4H,1H3,(H2,10,11)(H,12,13,14). The van der Waals surface area contributed by atoms with Gasteiger partial charge in [0.25, 0.3) is 0 Å². The van der Waals surface area contributed by atoms with Crippen molar-refractivity contribution >= 4 is 11.6 Å². The molecule has 0 unspecified atom stereocenters. The van der Waals surface area contributed by atoms with Crippen LogP contribution in [0.15, 0.2) is 18.5 Å². The second kappa shape index (κ2) is 3.49. The van der Waals surface area contributed by atoms with Crippen molar-refractivity contribution in [2.75, 3.05) is 5.73 Å². The Morgan fingerprint density at radius 2 is 2.27 bits per heavy atom. The van der Waals surface area contributed by atoms with E-state index >= 15 is 0 Å². The fraction of sp³-hybridized carbons (Fsp3) is 0.111. The molecule has 2 aromatic rings. The maximum atomic E-state index is 11.8. The van der Waals surface area contributed by atoms with Crippen LogP contribution in [0.25, 0.3) is 0 Å². The molecule has 0 aliphatic heterocycles. The van der Waals surface area contributed by atoms with Crippen molar-refractivity contribution in [2.45, 2.75) is 6.92 Å². The molecule has 6 nitrogen and oxygen atoms in total. The topological polar surface area (TPSA) is 97.5 Å². The van der Waals surface area contributed by atoms with E-state index in [4.69, 9.17) is 5.73 Å². The Morgan fingerprint density at radius 1 is 1.47 bits per heavy atom. The molecular weight excluding hydrogens is 194 g/mol. The van der Waals surface area contributed by atoms with Gasteiger partial charge in [-0.05, 0) is 18.6 Å². The van der Waals surface area contributed by atoms with Gasteiger partial charge in [-0.25, -0.2) is 4.98 Å². The van der Waals surface area contributed by atoms with Gasteiger partial charge in [0.15, 0.2) is 5.69 Å². The molecule has 0 aromatic carbocycles. The number of carbonyl (C=O) groups is 1. The zero-order chi connectivity index (χ0) is 10.8. The molecule has 0 atom stereocenters. The lowest BCUT2D eigenvalue weighted by Crippen LogP contribution is -2.07. The molecule has 3 N–H and O–H groups in total. The number of carbonyl (C=O) groups excluding carboxylic acids is 1. The number of aryl methyl sites for hydroxylation is 1. The van der Waals surface area contributed by atoms with Crippen molar-refractivity contribution in [1.82, 2.24) is 20.4 Å². The third-order valence-electron chi connectivity index (χ3n) is 1.95. The second-order valence-corrected chi connectivity index (χ2v) is 3.13. The van der Waals surface area contributed by atoms with Gasteiger partial charge in [0.05, 0.1) is 11.8 Å². The number of rotatable bonds is 2. The van der Waals surface area contributed by atoms with Crippen molar-refractivity contribution in [3.8, 4) is 0 Å². The number of nitrogens with zero attached hydrogens (tertiary/aromatic N) is 3. The zero-order valence-corrected chi connectivity index (χ0v) is 8.06. The molecular formula is C9H9N5O. The van der Waals surface area contributed by atoms with Crippen LogP contribution in [0.4, 0.5) is 5.82 Å². The fourth-order valence-corrected chi connectivity index (χ4v) is 1.21. The van der Waals surface area contributed by atoms with E-state index in [9.17, 15) is 4.79 Å². The molecule has 0 spiro atoms. The van der Waals surface area contributed by atoms with Crippen LogP contribution in [0, 0.1) is 6.92 Å². The average molecular weight is 203 g/mol. The molecule has 2 heterocycles. The molecule has 76 valence electrons. The minimum Gasteiger partial charge on any atom is -0.383 e. The van der Waals surface area contributed by atoms with Gasteiger partial charge in [0.1, 0.15) is 5.82 Å². The van der Waals surface area contributed by atoms with Crippen LogP contribution in [0.1, 0.15) is 21.6 Å². The highest BCUT2D eigenvalue weighted by molar-refractivity contribution is 6.10. The number of H-pyrrole nitrogens is 1. The van der Waals surface area contributed by atoms with Gasteiger partial charge in [-0.2, -0.15) is 15.4 Å². The number of ketones is 1. The summed E-state index contributed by atoms with van der Waals surface area (Å²) in [7, 11) is 0. The SMILES string of the molecule is Cc1cnc(N)c(C(=O)c2cn[nH]n2)c1. The van der Waals surface area contributed by atoms with Gasteiger partial charge < -0.3 is 5.73 Å². The number of hydrogen-bond acceptors (Lipinski definition) is 5. The molecule has 6 heteroatoms. The Morgan fingerprint density at radius 3 is 2.93 bits per heavy atom. The first kappa shape index (κ1) is 9.32. The normalized spacial score (nSPS) is 10.2. The van der Waals surface area contributed by atoms with Crippen molar-refractivity contribution in [3.63, 3.8) is 0 Å². The minimum absolute atomic E-state index is 0.202. The molecule has 0 saturated carbocycles. The summed E-state index contributed by atoms with van der Waals surface area (Å²) >= 11 is 0. The summed E-state index contributed by atoms with van der Waals surface area (Å²) in [6, 6.07) is 1.68. The summed E-state index contributed by atoms with van der Waals surface area (Å²) in [5.74, 6) is -0.0777. The lowest BCUT2D eigenvalue weighted by atomic mass is 10.1. The molecule has 0 amide bonds. The molecule has 0 saturated heterocycles. The molecule has 0 radical (unpaired) electrons. The monoisotopic (exact) mass is 203 g/mol. The van der Waals surface area contributed by atoms with Crippen LogP contribution in [0.3, 0.4) is 0 Å². The highest BCUT2D eigenvalue weighted by Gasteiger charge is 2.15. The van der Waals surface area contributed by atoms with E-state index < -0.39 is 0 Å². The summed E-state index contributed by atoms with van der Waals surface area (Å²) in [4.78, 5) is 15.7. The number of pyridine rings is 1. The Labute approximate surface area is 85.5 Å². The smallest absolute Gasteiger partial charge is 0.218 e. The number of nitrogens with two attached hydrogens (primary N) is 1. The summed E-state index contributed by atoms with van der Waals surface area (Å²) in [6.45, 7) is 1.84.